The molecule has 0 heterocycles. The van der Waals surface area contributed by atoms with Gasteiger partial charge in [-0.15, -0.1) is 0 Å². The number of rotatable bonds is 7. The van der Waals surface area contributed by atoms with Crippen molar-refractivity contribution in [3.63, 3.8) is 0 Å². The smallest absolute Gasteiger partial charge is 0.0518 e. The molecule has 4 nitrogen and oxygen atoms in total. The highest BCUT2D eigenvalue weighted by Gasteiger charge is 2.21. The van der Waals surface area contributed by atoms with Crippen molar-refractivity contribution >= 4 is 0 Å². The average molecular weight is 176 g/mol. The first-order chi connectivity index (χ1) is 5.68. The van der Waals surface area contributed by atoms with Gasteiger partial charge >= 0.3 is 0 Å². The van der Waals surface area contributed by atoms with Crippen molar-refractivity contribution in [3.8, 4) is 0 Å². The van der Waals surface area contributed by atoms with Crippen molar-refractivity contribution in [1.29, 1.82) is 0 Å². The van der Waals surface area contributed by atoms with Crippen LogP contribution >= 0.6 is 0 Å². The largest absolute Gasteiger partial charge is 0.396 e. The fourth-order valence-electron chi connectivity index (χ4n) is 0.779. The van der Waals surface area contributed by atoms with Crippen LogP contribution in [0.25, 0.3) is 0 Å². The van der Waals surface area contributed by atoms with E-state index >= 15 is 0 Å². The lowest BCUT2D eigenvalue weighted by Gasteiger charge is -2.24. The number of hydrogen-bond acceptors (Lipinski definition) is 4. The van der Waals surface area contributed by atoms with E-state index in [1.54, 1.807) is 0 Å². The van der Waals surface area contributed by atoms with Crippen molar-refractivity contribution in [1.82, 2.24) is 5.32 Å². The van der Waals surface area contributed by atoms with E-state index in [4.69, 9.17) is 15.9 Å². The zero-order valence-electron chi connectivity index (χ0n) is 7.71. The summed E-state index contributed by atoms with van der Waals surface area (Å²) in [4.78, 5) is 0. The molecule has 0 saturated heterocycles. The first kappa shape index (κ1) is 11.8. The number of nitrogens with one attached hydrogen (secondary N) is 1. The van der Waals surface area contributed by atoms with Crippen LogP contribution in [-0.2, 0) is 0 Å². The topological polar surface area (TPSA) is 78.5 Å². The highest BCUT2D eigenvalue weighted by Crippen LogP contribution is 2.11. The molecule has 0 atom stereocenters. The van der Waals surface area contributed by atoms with Crippen LogP contribution < -0.4 is 11.1 Å². The SMILES string of the molecule is CC(CO)(CO)CNCCCN. The molecule has 0 aliphatic rings. The molecule has 0 bridgehead atoms. The second kappa shape index (κ2) is 6.37. The molecule has 0 radical (unpaired) electrons. The highest BCUT2D eigenvalue weighted by molar-refractivity contribution is 4.74. The third-order valence-electron chi connectivity index (χ3n) is 1.87. The Kier molecular flexibility index (Phi) is 6.28. The van der Waals surface area contributed by atoms with Gasteiger partial charge in [0.1, 0.15) is 0 Å². The number of aliphatic hydroxyl groups is 2. The Labute approximate surface area is 73.8 Å². The van der Waals surface area contributed by atoms with Gasteiger partial charge < -0.3 is 21.3 Å². The van der Waals surface area contributed by atoms with Crippen LogP contribution in [-0.4, -0.2) is 43.1 Å². The van der Waals surface area contributed by atoms with Gasteiger partial charge in [0.25, 0.3) is 0 Å². The lowest BCUT2D eigenvalue weighted by atomic mass is 9.93. The molecule has 12 heavy (non-hydrogen) atoms. The Morgan fingerprint density at radius 2 is 1.92 bits per heavy atom. The van der Waals surface area contributed by atoms with Crippen molar-refractivity contribution < 1.29 is 10.2 Å². The lowest BCUT2D eigenvalue weighted by molar-refractivity contribution is 0.0699. The molecule has 4 heteroatoms. The van der Waals surface area contributed by atoms with E-state index in [1.807, 2.05) is 6.92 Å². The minimum absolute atomic E-state index is 0.000868. The summed E-state index contributed by atoms with van der Waals surface area (Å²) in [6.07, 6.45) is 0.924. The van der Waals surface area contributed by atoms with E-state index in [-0.39, 0.29) is 13.2 Å². The van der Waals surface area contributed by atoms with Gasteiger partial charge in [0.15, 0.2) is 0 Å². The number of nitrogens with two attached hydrogens (primary N) is 1. The lowest BCUT2D eigenvalue weighted by Crippen LogP contribution is -2.38. The minimum atomic E-state index is -0.408. The summed E-state index contributed by atoms with van der Waals surface area (Å²) in [7, 11) is 0. The van der Waals surface area contributed by atoms with E-state index in [2.05, 4.69) is 5.32 Å². The summed E-state index contributed by atoms with van der Waals surface area (Å²) in [5, 5.41) is 21.0. The molecule has 0 aliphatic heterocycles. The molecule has 0 fully saturated rings. The maximum absolute atomic E-state index is 8.92. The molecule has 0 aromatic heterocycles. The minimum Gasteiger partial charge on any atom is -0.396 e. The zero-order valence-corrected chi connectivity index (χ0v) is 7.71. The summed E-state index contributed by atoms with van der Waals surface area (Å²) < 4.78 is 0. The van der Waals surface area contributed by atoms with Crippen LogP contribution in [0, 0.1) is 5.41 Å². The quantitative estimate of drug-likeness (QED) is 0.372. The summed E-state index contributed by atoms with van der Waals surface area (Å²) in [6, 6.07) is 0. The Morgan fingerprint density at radius 3 is 2.33 bits per heavy atom. The average Bonchev–Trinajstić information content (AvgIpc) is 2.12. The molecule has 0 spiro atoms. The van der Waals surface area contributed by atoms with Crippen LogP contribution in [0.5, 0.6) is 0 Å². The number of aliphatic hydroxyl groups excluding tert-OH is 2. The monoisotopic (exact) mass is 176 g/mol. The maximum Gasteiger partial charge on any atom is 0.0518 e. The van der Waals surface area contributed by atoms with Crippen LogP contribution in [0.4, 0.5) is 0 Å². The predicted octanol–water partition coefficient (Wildman–Crippen LogP) is -1.08. The fraction of sp³-hybridized carbons (Fsp3) is 1.00. The van der Waals surface area contributed by atoms with Crippen LogP contribution in [0.15, 0.2) is 0 Å². The molecule has 0 aliphatic carbocycles. The second-order valence-corrected chi connectivity index (χ2v) is 3.45. The van der Waals surface area contributed by atoms with Crippen molar-refractivity contribution in [2.75, 3.05) is 32.8 Å². The van der Waals surface area contributed by atoms with Gasteiger partial charge in [-0.25, -0.2) is 0 Å². The standard InChI is InChI=1S/C8H20N2O2/c1-8(6-11,7-12)5-10-4-2-3-9/h10-12H,2-7,9H2,1H3. The molecule has 0 aromatic rings. The van der Waals surface area contributed by atoms with Gasteiger partial charge in [-0.2, -0.15) is 0 Å². The van der Waals surface area contributed by atoms with E-state index in [0.717, 1.165) is 13.0 Å². The van der Waals surface area contributed by atoms with Crippen LogP contribution in [0.1, 0.15) is 13.3 Å². The molecule has 0 rings (SSSR count). The molecule has 0 unspecified atom stereocenters. The van der Waals surface area contributed by atoms with Gasteiger partial charge in [0, 0.05) is 12.0 Å². The Balaban J connectivity index is 3.45. The first-order valence-electron chi connectivity index (χ1n) is 4.31. The summed E-state index contributed by atoms with van der Waals surface area (Å²) in [5.41, 5.74) is 4.90. The van der Waals surface area contributed by atoms with Gasteiger partial charge in [-0.3, -0.25) is 0 Å². The van der Waals surface area contributed by atoms with Crippen LogP contribution in [0.3, 0.4) is 0 Å². The number of hydrogen-bond donors (Lipinski definition) is 4. The normalized spacial score (nSPS) is 12.0. The van der Waals surface area contributed by atoms with Crippen molar-refractivity contribution in [2.45, 2.75) is 13.3 Å². The van der Waals surface area contributed by atoms with Gasteiger partial charge in [-0.05, 0) is 19.5 Å². The Bertz CT molecular complexity index is 105. The molecule has 74 valence electrons. The fourth-order valence-corrected chi connectivity index (χ4v) is 0.779. The maximum atomic E-state index is 8.92. The molecule has 5 N–H and O–H groups in total. The molecule has 0 amide bonds. The third-order valence-corrected chi connectivity index (χ3v) is 1.87. The predicted molar refractivity (Wildman–Crippen MR) is 48.8 cm³/mol. The molecule has 0 saturated carbocycles. The van der Waals surface area contributed by atoms with Gasteiger partial charge in [-0.1, -0.05) is 6.92 Å². The molecular weight excluding hydrogens is 156 g/mol. The first-order valence-corrected chi connectivity index (χ1v) is 4.31. The third kappa shape index (κ3) is 4.66. The van der Waals surface area contributed by atoms with Crippen LogP contribution in [0.2, 0.25) is 0 Å². The highest BCUT2D eigenvalue weighted by atomic mass is 16.3. The molecular formula is C8H20N2O2. The van der Waals surface area contributed by atoms with E-state index in [9.17, 15) is 0 Å². The summed E-state index contributed by atoms with van der Waals surface area (Å²) >= 11 is 0. The summed E-state index contributed by atoms with van der Waals surface area (Å²) in [6.45, 7) is 3.97. The zero-order chi connectivity index (χ0) is 9.45. The summed E-state index contributed by atoms with van der Waals surface area (Å²) in [5.74, 6) is 0. The van der Waals surface area contributed by atoms with Gasteiger partial charge in [0.2, 0.25) is 0 Å². The van der Waals surface area contributed by atoms with Gasteiger partial charge in [0.05, 0.1) is 13.2 Å². The van der Waals surface area contributed by atoms with Crippen molar-refractivity contribution in [3.05, 3.63) is 0 Å². The Hall–Kier alpha value is -0.160. The molecule has 0 aromatic carbocycles. The Morgan fingerprint density at radius 1 is 1.33 bits per heavy atom. The van der Waals surface area contributed by atoms with E-state index in [0.29, 0.717) is 13.1 Å². The van der Waals surface area contributed by atoms with E-state index in [1.165, 1.54) is 0 Å². The van der Waals surface area contributed by atoms with Crippen molar-refractivity contribution in [2.24, 2.45) is 11.1 Å². The second-order valence-electron chi connectivity index (χ2n) is 3.45. The van der Waals surface area contributed by atoms with E-state index < -0.39 is 5.41 Å².